The largest absolute Gasteiger partial charge is 0.488 e. The zero-order valence-electron chi connectivity index (χ0n) is 19.9. The van der Waals surface area contributed by atoms with Crippen molar-refractivity contribution in [2.45, 2.75) is 13.5 Å². The summed E-state index contributed by atoms with van der Waals surface area (Å²) in [7, 11) is 0. The molecule has 1 heterocycles. The van der Waals surface area contributed by atoms with Gasteiger partial charge in [0.25, 0.3) is 11.8 Å². The average molecular weight is 610 g/mol. The number of carbonyl (C=O) groups excluding carboxylic acids is 3. The van der Waals surface area contributed by atoms with Crippen molar-refractivity contribution in [3.63, 3.8) is 0 Å². The smallest absolute Gasteiger partial charge is 0.335 e. The number of fused-ring (bicyclic) bond motifs is 1. The summed E-state index contributed by atoms with van der Waals surface area (Å²) in [5.74, 6) is -1.07. The van der Waals surface area contributed by atoms with Crippen LogP contribution in [0.3, 0.4) is 0 Å². The standard InChI is InChI=1S/C29H19BrCl2N2O4/c1-16-12-19(8-9-23(16)30)34-28(36)22(27(35)33-29(34)37)14-21-20-5-3-2-4-18(20)7-11-26(21)38-15-17-6-10-24(31)25(32)13-17/h2-14H,15H2,1H3,(H,33,35,37)/b22-14-. The number of ether oxygens (including phenoxy) is 1. The molecule has 0 bridgehead atoms. The number of amides is 4. The number of imide groups is 2. The van der Waals surface area contributed by atoms with Crippen molar-refractivity contribution < 1.29 is 19.1 Å². The van der Waals surface area contributed by atoms with Gasteiger partial charge in [-0.2, -0.15) is 0 Å². The lowest BCUT2D eigenvalue weighted by molar-refractivity contribution is -0.122. The number of halogens is 3. The van der Waals surface area contributed by atoms with Crippen LogP contribution in [0.4, 0.5) is 10.5 Å². The van der Waals surface area contributed by atoms with E-state index in [0.717, 1.165) is 31.3 Å². The molecule has 1 N–H and O–H groups in total. The maximum atomic E-state index is 13.5. The second kappa shape index (κ2) is 10.6. The summed E-state index contributed by atoms with van der Waals surface area (Å²) in [5, 5.41) is 4.79. The molecule has 4 aromatic carbocycles. The van der Waals surface area contributed by atoms with Crippen LogP contribution in [0, 0.1) is 6.92 Å². The molecule has 1 aliphatic heterocycles. The maximum absolute atomic E-state index is 13.5. The SMILES string of the molecule is Cc1cc(N2C(=O)NC(=O)/C(=C/c3c(OCc4ccc(Cl)c(Cl)c4)ccc4ccccc34)C2=O)ccc1Br. The third kappa shape index (κ3) is 5.05. The van der Waals surface area contributed by atoms with Crippen molar-refractivity contribution in [2.75, 3.05) is 4.90 Å². The third-order valence-electron chi connectivity index (χ3n) is 6.10. The Hall–Kier alpha value is -3.65. The van der Waals surface area contributed by atoms with Gasteiger partial charge in [0.2, 0.25) is 0 Å². The van der Waals surface area contributed by atoms with Crippen molar-refractivity contribution in [1.82, 2.24) is 5.32 Å². The van der Waals surface area contributed by atoms with Crippen LogP contribution in [0.1, 0.15) is 16.7 Å². The Balaban J connectivity index is 1.57. The first kappa shape index (κ1) is 26.0. The molecule has 4 aromatic rings. The highest BCUT2D eigenvalue weighted by molar-refractivity contribution is 9.10. The molecule has 5 rings (SSSR count). The number of nitrogens with one attached hydrogen (secondary N) is 1. The van der Waals surface area contributed by atoms with Gasteiger partial charge in [-0.3, -0.25) is 14.9 Å². The quantitative estimate of drug-likeness (QED) is 0.188. The second-order valence-corrected chi connectivity index (χ2v) is 10.3. The van der Waals surface area contributed by atoms with E-state index in [2.05, 4.69) is 21.2 Å². The van der Waals surface area contributed by atoms with Crippen LogP contribution in [0.15, 0.2) is 82.8 Å². The Kier molecular flexibility index (Phi) is 7.25. The molecular weight excluding hydrogens is 591 g/mol. The number of urea groups is 1. The molecule has 0 atom stereocenters. The van der Waals surface area contributed by atoms with E-state index in [9.17, 15) is 14.4 Å². The predicted molar refractivity (Wildman–Crippen MR) is 153 cm³/mol. The van der Waals surface area contributed by atoms with Gasteiger partial charge >= 0.3 is 6.03 Å². The monoisotopic (exact) mass is 608 g/mol. The summed E-state index contributed by atoms with van der Waals surface area (Å²) in [6.07, 6.45) is 1.47. The molecule has 190 valence electrons. The van der Waals surface area contributed by atoms with Crippen LogP contribution in [-0.4, -0.2) is 17.8 Å². The van der Waals surface area contributed by atoms with Crippen LogP contribution in [0.2, 0.25) is 10.0 Å². The number of aryl methyl sites for hydroxylation is 1. The Labute approximate surface area is 236 Å². The Morgan fingerprint density at radius 2 is 1.74 bits per heavy atom. The second-order valence-electron chi connectivity index (χ2n) is 8.63. The molecule has 1 saturated heterocycles. The van der Waals surface area contributed by atoms with Crippen LogP contribution < -0.4 is 15.0 Å². The van der Waals surface area contributed by atoms with Gasteiger partial charge in [0, 0.05) is 10.0 Å². The first-order valence-electron chi connectivity index (χ1n) is 11.5. The maximum Gasteiger partial charge on any atom is 0.335 e. The lowest BCUT2D eigenvalue weighted by Gasteiger charge is -2.27. The van der Waals surface area contributed by atoms with Crippen molar-refractivity contribution in [3.05, 3.63) is 110 Å². The van der Waals surface area contributed by atoms with E-state index >= 15 is 0 Å². The fraction of sp³-hybridized carbons (Fsp3) is 0.0690. The number of barbiturate groups is 1. The number of carbonyl (C=O) groups is 3. The number of nitrogens with zero attached hydrogens (tertiary/aromatic N) is 1. The van der Waals surface area contributed by atoms with Crippen LogP contribution in [0.25, 0.3) is 16.8 Å². The highest BCUT2D eigenvalue weighted by Crippen LogP contribution is 2.33. The summed E-state index contributed by atoms with van der Waals surface area (Å²) in [5.41, 5.74) is 2.31. The van der Waals surface area contributed by atoms with E-state index in [0.29, 0.717) is 27.0 Å². The lowest BCUT2D eigenvalue weighted by Crippen LogP contribution is -2.54. The fourth-order valence-electron chi connectivity index (χ4n) is 4.15. The van der Waals surface area contributed by atoms with Crippen molar-refractivity contribution >= 4 is 79.5 Å². The van der Waals surface area contributed by atoms with E-state index in [1.807, 2.05) is 37.3 Å². The van der Waals surface area contributed by atoms with Gasteiger partial charge in [-0.05, 0) is 71.3 Å². The topological polar surface area (TPSA) is 75.7 Å². The summed E-state index contributed by atoms with van der Waals surface area (Å²) in [4.78, 5) is 40.1. The van der Waals surface area contributed by atoms with E-state index in [1.54, 1.807) is 42.5 Å². The summed E-state index contributed by atoms with van der Waals surface area (Å²) in [6.45, 7) is 2.02. The molecule has 1 fully saturated rings. The third-order valence-corrected chi connectivity index (χ3v) is 7.73. The van der Waals surface area contributed by atoms with E-state index in [-0.39, 0.29) is 12.2 Å². The molecule has 0 aliphatic carbocycles. The highest BCUT2D eigenvalue weighted by atomic mass is 79.9. The fourth-order valence-corrected chi connectivity index (χ4v) is 4.71. The molecule has 0 spiro atoms. The van der Waals surface area contributed by atoms with Gasteiger partial charge in [-0.15, -0.1) is 0 Å². The number of benzene rings is 4. The number of hydrogen-bond donors (Lipinski definition) is 1. The van der Waals surface area contributed by atoms with Gasteiger partial charge in [0.05, 0.1) is 15.7 Å². The van der Waals surface area contributed by atoms with Crippen LogP contribution in [0.5, 0.6) is 5.75 Å². The minimum atomic E-state index is -0.812. The van der Waals surface area contributed by atoms with Gasteiger partial charge in [-0.25, -0.2) is 9.69 Å². The molecule has 4 amide bonds. The molecule has 0 radical (unpaired) electrons. The minimum absolute atomic E-state index is 0.175. The van der Waals surface area contributed by atoms with Crippen LogP contribution in [-0.2, 0) is 16.2 Å². The molecule has 0 saturated carbocycles. The number of rotatable bonds is 5. The molecule has 1 aliphatic rings. The van der Waals surface area contributed by atoms with Crippen molar-refractivity contribution in [3.8, 4) is 5.75 Å². The molecule has 6 nitrogen and oxygen atoms in total. The van der Waals surface area contributed by atoms with Gasteiger partial charge < -0.3 is 4.74 Å². The van der Waals surface area contributed by atoms with Gasteiger partial charge in [0.15, 0.2) is 0 Å². The summed E-state index contributed by atoms with van der Waals surface area (Å²) < 4.78 is 6.96. The van der Waals surface area contributed by atoms with Gasteiger partial charge in [-0.1, -0.05) is 75.5 Å². The average Bonchev–Trinajstić information content (AvgIpc) is 2.89. The molecule has 38 heavy (non-hydrogen) atoms. The van der Waals surface area contributed by atoms with Gasteiger partial charge in [0.1, 0.15) is 17.9 Å². The van der Waals surface area contributed by atoms with Crippen molar-refractivity contribution in [1.29, 1.82) is 0 Å². The van der Waals surface area contributed by atoms with E-state index in [1.165, 1.54) is 6.08 Å². The molecule has 0 unspecified atom stereocenters. The first-order chi connectivity index (χ1) is 18.2. The lowest BCUT2D eigenvalue weighted by atomic mass is 9.99. The number of hydrogen-bond acceptors (Lipinski definition) is 4. The summed E-state index contributed by atoms with van der Waals surface area (Å²) >= 11 is 15.6. The van der Waals surface area contributed by atoms with E-state index in [4.69, 9.17) is 27.9 Å². The number of anilines is 1. The molecule has 0 aromatic heterocycles. The Bertz CT molecular complexity index is 1670. The van der Waals surface area contributed by atoms with E-state index < -0.39 is 17.8 Å². The predicted octanol–water partition coefficient (Wildman–Crippen LogP) is 7.46. The zero-order valence-corrected chi connectivity index (χ0v) is 23.0. The minimum Gasteiger partial charge on any atom is -0.488 e. The first-order valence-corrected chi connectivity index (χ1v) is 13.0. The zero-order chi connectivity index (χ0) is 27.0. The normalized spacial score (nSPS) is 14.8. The Morgan fingerprint density at radius 1 is 0.947 bits per heavy atom. The van der Waals surface area contributed by atoms with Crippen LogP contribution >= 0.6 is 39.1 Å². The Morgan fingerprint density at radius 3 is 2.50 bits per heavy atom. The van der Waals surface area contributed by atoms with Crippen molar-refractivity contribution in [2.24, 2.45) is 0 Å². The molecular formula is C29H19BrCl2N2O4. The highest BCUT2D eigenvalue weighted by Gasteiger charge is 2.37. The molecule has 9 heteroatoms. The summed E-state index contributed by atoms with van der Waals surface area (Å²) in [6, 6.07) is 20.7.